The van der Waals surface area contributed by atoms with Crippen LogP contribution in [0, 0.1) is 12.8 Å². The molecule has 1 aliphatic carbocycles. The van der Waals surface area contributed by atoms with Gasteiger partial charge < -0.3 is 9.88 Å². The van der Waals surface area contributed by atoms with Crippen LogP contribution in [-0.2, 0) is 13.0 Å². The van der Waals surface area contributed by atoms with Gasteiger partial charge in [-0.3, -0.25) is 4.79 Å². The van der Waals surface area contributed by atoms with Gasteiger partial charge in [0.1, 0.15) is 5.82 Å². The first-order valence-electron chi connectivity index (χ1n) is 12.5. The number of hydrogen-bond acceptors (Lipinski definition) is 2. The Bertz CT molecular complexity index is 999. The lowest BCUT2D eigenvalue weighted by Crippen LogP contribution is -2.24. The van der Waals surface area contributed by atoms with E-state index in [0.29, 0.717) is 0 Å². The van der Waals surface area contributed by atoms with E-state index < -0.39 is 0 Å². The molecule has 0 saturated heterocycles. The summed E-state index contributed by atoms with van der Waals surface area (Å²) >= 11 is 0. The van der Waals surface area contributed by atoms with E-state index in [4.69, 9.17) is 4.98 Å². The summed E-state index contributed by atoms with van der Waals surface area (Å²) in [5.41, 5.74) is 4.31. The number of hydrogen-bond donors (Lipinski definition) is 1. The average molecular weight is 432 g/mol. The highest BCUT2D eigenvalue weighted by Gasteiger charge is 2.16. The zero-order valence-corrected chi connectivity index (χ0v) is 19.5. The number of para-hydroxylation sites is 2. The summed E-state index contributed by atoms with van der Waals surface area (Å²) in [6.07, 6.45) is 12.5. The van der Waals surface area contributed by atoms with Crippen LogP contribution in [0.15, 0.2) is 48.5 Å². The second-order valence-corrected chi connectivity index (χ2v) is 9.39. The highest BCUT2D eigenvalue weighted by molar-refractivity contribution is 5.94. The van der Waals surface area contributed by atoms with Gasteiger partial charge in [0, 0.05) is 25.1 Å². The third kappa shape index (κ3) is 5.99. The van der Waals surface area contributed by atoms with Crippen LogP contribution < -0.4 is 5.32 Å². The lowest BCUT2D eigenvalue weighted by molar-refractivity contribution is 0.0953. The van der Waals surface area contributed by atoms with Crippen molar-refractivity contribution in [2.24, 2.45) is 5.92 Å². The van der Waals surface area contributed by atoms with E-state index in [9.17, 15) is 4.79 Å². The second kappa shape index (κ2) is 11.3. The lowest BCUT2D eigenvalue weighted by atomic mass is 9.87. The van der Waals surface area contributed by atoms with E-state index >= 15 is 0 Å². The largest absolute Gasteiger partial charge is 0.352 e. The second-order valence-electron chi connectivity index (χ2n) is 9.39. The van der Waals surface area contributed by atoms with Crippen molar-refractivity contribution in [1.29, 1.82) is 0 Å². The first-order chi connectivity index (χ1) is 15.7. The molecule has 3 aromatic rings. The number of aromatic nitrogens is 2. The molecule has 1 N–H and O–H groups in total. The third-order valence-corrected chi connectivity index (χ3v) is 6.90. The van der Waals surface area contributed by atoms with Crippen molar-refractivity contribution in [3.8, 4) is 0 Å². The Kier molecular flexibility index (Phi) is 7.97. The molecule has 1 aliphatic rings. The Morgan fingerprint density at radius 2 is 1.78 bits per heavy atom. The van der Waals surface area contributed by atoms with Crippen molar-refractivity contribution >= 4 is 16.9 Å². The van der Waals surface area contributed by atoms with Crippen molar-refractivity contribution < 1.29 is 4.79 Å². The van der Waals surface area contributed by atoms with Crippen LogP contribution in [0.3, 0.4) is 0 Å². The number of aryl methyl sites for hydroxylation is 3. The number of imidazole rings is 1. The van der Waals surface area contributed by atoms with Crippen molar-refractivity contribution in [1.82, 2.24) is 14.9 Å². The van der Waals surface area contributed by atoms with Crippen LogP contribution in [0.5, 0.6) is 0 Å². The molecule has 2 aromatic carbocycles. The molecule has 1 amide bonds. The average Bonchev–Trinajstić information content (AvgIpc) is 3.18. The van der Waals surface area contributed by atoms with Gasteiger partial charge in [0.2, 0.25) is 0 Å². The molecular formula is C28H37N3O. The Labute approximate surface area is 192 Å². The van der Waals surface area contributed by atoms with Crippen LogP contribution in [0.4, 0.5) is 0 Å². The minimum atomic E-state index is 0.0227. The van der Waals surface area contributed by atoms with E-state index in [-0.39, 0.29) is 5.91 Å². The fourth-order valence-electron chi connectivity index (χ4n) is 4.95. The molecule has 4 heteroatoms. The topological polar surface area (TPSA) is 46.9 Å². The van der Waals surface area contributed by atoms with Gasteiger partial charge in [-0.1, -0.05) is 68.4 Å². The number of carbonyl (C=O) groups excluding carboxylic acids is 1. The Morgan fingerprint density at radius 1 is 1.00 bits per heavy atom. The van der Waals surface area contributed by atoms with Crippen molar-refractivity contribution in [3.63, 3.8) is 0 Å². The molecule has 4 rings (SSSR count). The van der Waals surface area contributed by atoms with Crippen molar-refractivity contribution in [3.05, 3.63) is 65.5 Å². The summed E-state index contributed by atoms with van der Waals surface area (Å²) in [7, 11) is 0. The predicted octanol–water partition coefficient (Wildman–Crippen LogP) is 6.46. The number of carbonyl (C=O) groups is 1. The maximum Gasteiger partial charge on any atom is 0.251 e. The molecule has 0 unspecified atom stereocenters. The quantitative estimate of drug-likeness (QED) is 0.375. The molecule has 170 valence electrons. The number of nitrogens with one attached hydrogen (secondary N) is 1. The molecule has 0 radical (unpaired) electrons. The highest BCUT2D eigenvalue weighted by Crippen LogP contribution is 2.28. The van der Waals surface area contributed by atoms with Gasteiger partial charge in [-0.25, -0.2) is 4.98 Å². The van der Waals surface area contributed by atoms with Crippen LogP contribution in [0.2, 0.25) is 0 Å². The van der Waals surface area contributed by atoms with Crippen LogP contribution >= 0.6 is 0 Å². The number of fused-ring (bicyclic) bond motifs is 1. The van der Waals surface area contributed by atoms with Crippen LogP contribution in [0.1, 0.15) is 79.5 Å². The monoisotopic (exact) mass is 431 g/mol. The molecule has 0 atom stereocenters. The van der Waals surface area contributed by atoms with E-state index in [2.05, 4.69) is 34.1 Å². The smallest absolute Gasteiger partial charge is 0.251 e. The van der Waals surface area contributed by atoms with Gasteiger partial charge in [0.15, 0.2) is 0 Å². The molecular weight excluding hydrogens is 394 g/mol. The van der Waals surface area contributed by atoms with Gasteiger partial charge in [-0.2, -0.15) is 0 Å². The van der Waals surface area contributed by atoms with Crippen LogP contribution in [-0.4, -0.2) is 22.0 Å². The third-order valence-electron chi connectivity index (χ3n) is 6.90. The molecule has 0 spiro atoms. The molecule has 1 aromatic heterocycles. The normalized spacial score (nSPS) is 14.7. The van der Waals surface area contributed by atoms with E-state index in [1.165, 1.54) is 55.4 Å². The Morgan fingerprint density at radius 3 is 2.59 bits per heavy atom. The number of nitrogens with zero attached hydrogens (tertiary/aromatic N) is 2. The Hall–Kier alpha value is -2.62. The summed E-state index contributed by atoms with van der Waals surface area (Å²) in [6, 6.07) is 16.3. The van der Waals surface area contributed by atoms with E-state index in [1.807, 2.05) is 31.2 Å². The fourth-order valence-corrected chi connectivity index (χ4v) is 4.95. The number of rotatable bonds is 10. The predicted molar refractivity (Wildman–Crippen MR) is 132 cm³/mol. The maximum absolute atomic E-state index is 12.2. The molecule has 1 fully saturated rings. The first-order valence-corrected chi connectivity index (χ1v) is 12.5. The first kappa shape index (κ1) is 22.6. The summed E-state index contributed by atoms with van der Waals surface area (Å²) < 4.78 is 2.48. The lowest BCUT2D eigenvalue weighted by Gasteiger charge is -2.22. The van der Waals surface area contributed by atoms with Gasteiger partial charge >= 0.3 is 0 Å². The van der Waals surface area contributed by atoms with Crippen molar-refractivity contribution in [2.75, 3.05) is 6.54 Å². The molecule has 32 heavy (non-hydrogen) atoms. The highest BCUT2D eigenvalue weighted by atomic mass is 16.1. The zero-order valence-electron chi connectivity index (χ0n) is 19.5. The van der Waals surface area contributed by atoms with Gasteiger partial charge in [0.25, 0.3) is 5.91 Å². The molecule has 4 nitrogen and oxygen atoms in total. The molecule has 0 bridgehead atoms. The standard InChI is InChI=1S/C28H37N3O/c1-22-15-17-24(18-16-22)28(32)29-20-9-3-6-14-27-30-25-12-7-8-13-26(25)31(27)21-19-23-10-4-2-5-11-23/h7-8,12-13,15-18,23H,2-6,9-11,14,19-21H2,1H3,(H,29,32). The number of benzene rings is 2. The number of amides is 1. The summed E-state index contributed by atoms with van der Waals surface area (Å²) in [5.74, 6) is 2.13. The Balaban J connectivity index is 1.25. The summed E-state index contributed by atoms with van der Waals surface area (Å²) in [4.78, 5) is 17.2. The minimum absolute atomic E-state index is 0.0227. The number of unbranched alkanes of at least 4 members (excludes halogenated alkanes) is 2. The summed E-state index contributed by atoms with van der Waals surface area (Å²) in [5, 5.41) is 3.05. The zero-order chi connectivity index (χ0) is 22.2. The SMILES string of the molecule is Cc1ccc(C(=O)NCCCCCc2nc3ccccc3n2CCC2CCCCC2)cc1. The van der Waals surface area contributed by atoms with Gasteiger partial charge in [-0.05, 0) is 56.4 Å². The van der Waals surface area contributed by atoms with Gasteiger partial charge in [0.05, 0.1) is 11.0 Å². The van der Waals surface area contributed by atoms with E-state index in [1.54, 1.807) is 0 Å². The maximum atomic E-state index is 12.2. The van der Waals surface area contributed by atoms with Crippen molar-refractivity contribution in [2.45, 2.75) is 77.7 Å². The van der Waals surface area contributed by atoms with E-state index in [0.717, 1.165) is 55.8 Å². The minimum Gasteiger partial charge on any atom is -0.352 e. The molecule has 1 saturated carbocycles. The summed E-state index contributed by atoms with van der Waals surface area (Å²) in [6.45, 7) is 3.85. The van der Waals surface area contributed by atoms with Gasteiger partial charge in [-0.15, -0.1) is 0 Å². The van der Waals surface area contributed by atoms with Crippen LogP contribution in [0.25, 0.3) is 11.0 Å². The molecule has 1 heterocycles. The fraction of sp³-hybridized carbons (Fsp3) is 0.500. The molecule has 0 aliphatic heterocycles.